The maximum absolute atomic E-state index is 12.7. The number of amides is 1. The molecule has 0 bridgehead atoms. The molecule has 0 aliphatic rings. The van der Waals surface area contributed by atoms with Crippen molar-refractivity contribution in [1.82, 2.24) is 0 Å². The maximum atomic E-state index is 12.7. The summed E-state index contributed by atoms with van der Waals surface area (Å²) in [5.41, 5.74) is 4.95. The highest BCUT2D eigenvalue weighted by molar-refractivity contribution is 5.91. The minimum Gasteiger partial charge on any atom is -0.396 e. The molecule has 0 fully saturated rings. The van der Waals surface area contributed by atoms with Crippen molar-refractivity contribution in [3.8, 4) is 0 Å². The largest absolute Gasteiger partial charge is 0.397 e. The molecule has 0 aromatic heterocycles. The summed E-state index contributed by atoms with van der Waals surface area (Å²) >= 11 is 0. The van der Waals surface area contributed by atoms with Crippen molar-refractivity contribution in [2.75, 3.05) is 11.1 Å². The first-order valence-corrected chi connectivity index (χ1v) is 4.19. The molecule has 0 radical (unpaired) electrons. The van der Waals surface area contributed by atoms with E-state index in [1.807, 2.05) is 5.32 Å². The number of anilines is 2. The second kappa shape index (κ2) is 4.38. The number of nitrogens with one attached hydrogen (secondary N) is 1. The minimum atomic E-state index is -4.57. The molecule has 0 spiro atoms. The number of halogens is 4. The second-order valence-electron chi connectivity index (χ2n) is 3.08. The van der Waals surface area contributed by atoms with E-state index in [1.54, 1.807) is 0 Å². The highest BCUT2D eigenvalue weighted by atomic mass is 19.4. The van der Waals surface area contributed by atoms with E-state index in [4.69, 9.17) is 5.73 Å². The lowest BCUT2D eigenvalue weighted by molar-refractivity contribution is -0.150. The summed E-state index contributed by atoms with van der Waals surface area (Å²) < 4.78 is 48.1. The average molecular weight is 236 g/mol. The molecule has 3 nitrogen and oxygen atoms in total. The van der Waals surface area contributed by atoms with Crippen molar-refractivity contribution in [3.05, 3.63) is 24.0 Å². The van der Waals surface area contributed by atoms with Gasteiger partial charge in [0.2, 0.25) is 5.91 Å². The van der Waals surface area contributed by atoms with Crippen LogP contribution in [0.25, 0.3) is 0 Å². The molecule has 1 amide bonds. The molecule has 0 atom stereocenters. The Hall–Kier alpha value is -1.79. The summed E-state index contributed by atoms with van der Waals surface area (Å²) in [5, 5.41) is 1.96. The Bertz CT molecular complexity index is 403. The van der Waals surface area contributed by atoms with E-state index >= 15 is 0 Å². The summed E-state index contributed by atoms with van der Waals surface area (Å²) in [4.78, 5) is 10.9. The van der Waals surface area contributed by atoms with Crippen LogP contribution >= 0.6 is 0 Å². The lowest BCUT2D eigenvalue weighted by Crippen LogP contribution is -2.21. The molecule has 0 unspecified atom stereocenters. The highest BCUT2D eigenvalue weighted by Crippen LogP contribution is 2.21. The van der Waals surface area contributed by atoms with E-state index in [0.717, 1.165) is 18.2 Å². The zero-order valence-corrected chi connectivity index (χ0v) is 7.94. The van der Waals surface area contributed by atoms with Gasteiger partial charge < -0.3 is 11.1 Å². The predicted molar refractivity (Wildman–Crippen MR) is 50.1 cm³/mol. The number of hydrogen-bond donors (Lipinski definition) is 2. The summed E-state index contributed by atoms with van der Waals surface area (Å²) in [7, 11) is 0. The van der Waals surface area contributed by atoms with Crippen molar-refractivity contribution < 1.29 is 22.4 Å². The number of carbonyl (C=O) groups is 1. The van der Waals surface area contributed by atoms with Gasteiger partial charge in [0.05, 0.1) is 5.69 Å². The molecular formula is C9H8F4N2O. The van der Waals surface area contributed by atoms with Gasteiger partial charge >= 0.3 is 6.18 Å². The Balaban J connectivity index is 2.67. The average Bonchev–Trinajstić information content (AvgIpc) is 2.08. The van der Waals surface area contributed by atoms with Crippen LogP contribution in [0.4, 0.5) is 28.9 Å². The molecule has 0 heterocycles. The van der Waals surface area contributed by atoms with Gasteiger partial charge in [-0.15, -0.1) is 0 Å². The number of carbonyl (C=O) groups excluding carboxylic acids is 1. The van der Waals surface area contributed by atoms with Crippen molar-refractivity contribution in [3.63, 3.8) is 0 Å². The smallest absolute Gasteiger partial charge is 0.396 e. The summed E-state index contributed by atoms with van der Waals surface area (Å²) in [6.07, 6.45) is -6.17. The third kappa shape index (κ3) is 3.76. The predicted octanol–water partition coefficient (Wildman–Crippen LogP) is 2.30. The van der Waals surface area contributed by atoms with Crippen LogP contribution in [0.15, 0.2) is 18.2 Å². The zero-order valence-electron chi connectivity index (χ0n) is 7.94. The number of alkyl halides is 3. The molecule has 0 saturated carbocycles. The van der Waals surface area contributed by atoms with E-state index in [0.29, 0.717) is 0 Å². The molecule has 0 saturated heterocycles. The Kier molecular flexibility index (Phi) is 3.36. The lowest BCUT2D eigenvalue weighted by Gasteiger charge is -2.08. The Morgan fingerprint density at radius 1 is 1.38 bits per heavy atom. The number of nitrogens with two attached hydrogens (primary N) is 1. The van der Waals surface area contributed by atoms with Crippen molar-refractivity contribution in [2.45, 2.75) is 12.6 Å². The standard InChI is InChI=1S/C9H8F4N2O/c10-6-2-1-5(3-7(6)14)15-8(16)4-9(11,12)13/h1-3H,4,14H2,(H,15,16). The Labute approximate surface area is 88.2 Å². The van der Waals surface area contributed by atoms with Gasteiger partial charge in [-0.1, -0.05) is 0 Å². The van der Waals surface area contributed by atoms with Gasteiger partial charge in [-0.3, -0.25) is 4.79 Å². The van der Waals surface area contributed by atoms with Gasteiger partial charge in [-0.2, -0.15) is 13.2 Å². The first-order valence-electron chi connectivity index (χ1n) is 4.19. The Morgan fingerprint density at radius 2 is 2.00 bits per heavy atom. The molecular weight excluding hydrogens is 228 g/mol. The van der Waals surface area contributed by atoms with Crippen LogP contribution in [0.2, 0.25) is 0 Å². The topological polar surface area (TPSA) is 55.1 Å². The quantitative estimate of drug-likeness (QED) is 0.611. The molecule has 1 aromatic carbocycles. The van der Waals surface area contributed by atoms with Crippen molar-refractivity contribution in [1.29, 1.82) is 0 Å². The van der Waals surface area contributed by atoms with Crippen LogP contribution in [0.5, 0.6) is 0 Å². The molecule has 16 heavy (non-hydrogen) atoms. The van der Waals surface area contributed by atoms with Gasteiger partial charge in [0, 0.05) is 5.69 Å². The Morgan fingerprint density at radius 3 is 2.50 bits per heavy atom. The monoisotopic (exact) mass is 236 g/mol. The van der Waals surface area contributed by atoms with Crippen LogP contribution in [-0.2, 0) is 4.79 Å². The fourth-order valence-electron chi connectivity index (χ4n) is 1.01. The van der Waals surface area contributed by atoms with Gasteiger partial charge in [-0.25, -0.2) is 4.39 Å². The van der Waals surface area contributed by atoms with Crippen LogP contribution in [-0.4, -0.2) is 12.1 Å². The number of nitrogen functional groups attached to an aromatic ring is 1. The van der Waals surface area contributed by atoms with Crippen LogP contribution in [0.3, 0.4) is 0 Å². The first kappa shape index (κ1) is 12.3. The third-order valence-corrected chi connectivity index (χ3v) is 1.64. The lowest BCUT2D eigenvalue weighted by atomic mass is 10.2. The molecule has 88 valence electrons. The molecule has 0 aliphatic carbocycles. The molecule has 1 rings (SSSR count). The van der Waals surface area contributed by atoms with Crippen molar-refractivity contribution >= 4 is 17.3 Å². The molecule has 3 N–H and O–H groups in total. The van der Waals surface area contributed by atoms with E-state index in [2.05, 4.69) is 0 Å². The van der Waals surface area contributed by atoms with Gasteiger partial charge in [0.15, 0.2) is 0 Å². The van der Waals surface area contributed by atoms with Crippen LogP contribution in [0.1, 0.15) is 6.42 Å². The third-order valence-electron chi connectivity index (χ3n) is 1.64. The molecule has 7 heteroatoms. The zero-order chi connectivity index (χ0) is 12.3. The van der Waals surface area contributed by atoms with Gasteiger partial charge in [-0.05, 0) is 18.2 Å². The minimum absolute atomic E-state index is 0.0214. The molecule has 1 aromatic rings. The maximum Gasteiger partial charge on any atom is 0.397 e. The summed E-state index contributed by atoms with van der Waals surface area (Å²) in [6, 6.07) is 3.13. The molecule has 0 aliphatic heterocycles. The number of benzene rings is 1. The van der Waals surface area contributed by atoms with Crippen LogP contribution in [0, 0.1) is 5.82 Å². The van der Waals surface area contributed by atoms with Crippen LogP contribution < -0.4 is 11.1 Å². The van der Waals surface area contributed by atoms with Gasteiger partial charge in [0.25, 0.3) is 0 Å². The van der Waals surface area contributed by atoms with E-state index in [-0.39, 0.29) is 11.4 Å². The first-order chi connectivity index (χ1) is 7.28. The fourth-order valence-corrected chi connectivity index (χ4v) is 1.01. The normalized spacial score (nSPS) is 11.2. The SMILES string of the molecule is Nc1cc(NC(=O)CC(F)(F)F)ccc1F. The van der Waals surface area contributed by atoms with E-state index in [9.17, 15) is 22.4 Å². The van der Waals surface area contributed by atoms with Gasteiger partial charge in [0.1, 0.15) is 12.2 Å². The number of rotatable bonds is 2. The summed E-state index contributed by atoms with van der Waals surface area (Å²) in [5.74, 6) is -1.92. The fraction of sp³-hybridized carbons (Fsp3) is 0.222. The van der Waals surface area contributed by atoms with Crippen molar-refractivity contribution in [2.24, 2.45) is 0 Å². The van der Waals surface area contributed by atoms with E-state index in [1.165, 1.54) is 0 Å². The number of hydrogen-bond acceptors (Lipinski definition) is 2. The highest BCUT2D eigenvalue weighted by Gasteiger charge is 2.31. The van der Waals surface area contributed by atoms with E-state index < -0.39 is 24.3 Å². The summed E-state index contributed by atoms with van der Waals surface area (Å²) in [6.45, 7) is 0. The second-order valence-corrected chi connectivity index (χ2v) is 3.08.